The zero-order valence-electron chi connectivity index (χ0n) is 15.6. The third-order valence-corrected chi connectivity index (χ3v) is 5.77. The van der Waals surface area contributed by atoms with Crippen molar-refractivity contribution in [2.45, 2.75) is 39.2 Å². The number of nitrogens with one attached hydrogen (secondary N) is 1. The van der Waals surface area contributed by atoms with E-state index >= 15 is 0 Å². The number of carbonyl (C=O) groups excluding carboxylic acids is 1. The molecule has 1 N–H and O–H groups in total. The predicted molar refractivity (Wildman–Crippen MR) is 109 cm³/mol. The van der Waals surface area contributed by atoms with Crippen molar-refractivity contribution in [3.05, 3.63) is 57.9 Å². The average molecular weight is 382 g/mol. The summed E-state index contributed by atoms with van der Waals surface area (Å²) in [7, 11) is 0. The van der Waals surface area contributed by atoms with Crippen LogP contribution in [0.4, 0.5) is 5.95 Å². The van der Waals surface area contributed by atoms with Crippen molar-refractivity contribution in [2.75, 3.05) is 11.9 Å². The number of rotatable bonds is 6. The Morgan fingerprint density at radius 2 is 2.11 bits per heavy atom. The minimum absolute atomic E-state index is 0.229. The van der Waals surface area contributed by atoms with Gasteiger partial charge in [-0.25, -0.2) is 9.78 Å². The van der Waals surface area contributed by atoms with E-state index in [9.17, 15) is 4.79 Å². The summed E-state index contributed by atoms with van der Waals surface area (Å²) in [5, 5.41) is 5.35. The molecule has 0 spiro atoms. The SMILES string of the molecule is CCCCCOC(=O)C1=C(C)Nc2nc3ccccc3n2C1c1cccs1. The van der Waals surface area contributed by atoms with Gasteiger partial charge in [0.2, 0.25) is 5.95 Å². The molecule has 27 heavy (non-hydrogen) atoms. The summed E-state index contributed by atoms with van der Waals surface area (Å²) in [6.45, 7) is 4.52. The van der Waals surface area contributed by atoms with Crippen molar-refractivity contribution in [1.82, 2.24) is 9.55 Å². The summed E-state index contributed by atoms with van der Waals surface area (Å²) in [6.07, 6.45) is 3.06. The number of imidazole rings is 1. The highest BCUT2D eigenvalue weighted by Gasteiger charge is 2.35. The van der Waals surface area contributed by atoms with Gasteiger partial charge in [0.1, 0.15) is 6.04 Å². The molecule has 0 fully saturated rings. The molecule has 3 heterocycles. The Morgan fingerprint density at radius 1 is 1.26 bits per heavy atom. The summed E-state index contributed by atoms with van der Waals surface area (Å²) in [6, 6.07) is 11.9. The van der Waals surface area contributed by atoms with Crippen LogP contribution in [0.3, 0.4) is 0 Å². The van der Waals surface area contributed by atoms with E-state index in [4.69, 9.17) is 9.72 Å². The van der Waals surface area contributed by atoms with Crippen LogP contribution in [0, 0.1) is 0 Å². The van der Waals surface area contributed by atoms with E-state index in [1.807, 2.05) is 42.6 Å². The van der Waals surface area contributed by atoms with E-state index < -0.39 is 0 Å². The van der Waals surface area contributed by atoms with Crippen molar-refractivity contribution in [3.63, 3.8) is 0 Å². The van der Waals surface area contributed by atoms with Gasteiger partial charge in [0.05, 0.1) is 23.2 Å². The molecule has 1 aliphatic heterocycles. The lowest BCUT2D eigenvalue weighted by atomic mass is 10.0. The van der Waals surface area contributed by atoms with E-state index in [2.05, 4.69) is 22.9 Å². The number of nitrogens with zero attached hydrogens (tertiary/aromatic N) is 2. The van der Waals surface area contributed by atoms with Crippen LogP contribution in [0.2, 0.25) is 0 Å². The largest absolute Gasteiger partial charge is 0.462 e. The fourth-order valence-electron chi connectivity index (χ4n) is 3.54. The number of hydrogen-bond acceptors (Lipinski definition) is 5. The molecule has 0 radical (unpaired) electrons. The van der Waals surface area contributed by atoms with E-state index in [-0.39, 0.29) is 12.0 Å². The first-order valence-electron chi connectivity index (χ1n) is 9.36. The number of esters is 1. The molecule has 0 saturated heterocycles. The van der Waals surface area contributed by atoms with E-state index in [1.165, 1.54) is 0 Å². The summed E-state index contributed by atoms with van der Waals surface area (Å²) >= 11 is 1.64. The maximum atomic E-state index is 13.0. The second-order valence-corrected chi connectivity index (χ2v) is 7.70. The standard InChI is InChI=1S/C21H23N3O2S/c1-3-4-7-12-26-20(25)18-14(2)22-21-23-15-9-5-6-10-16(15)24(21)19(18)17-11-8-13-27-17/h5-6,8-11,13,19H,3-4,7,12H2,1-2H3,(H,22,23). The Labute approximate surface area is 162 Å². The number of fused-ring (bicyclic) bond motifs is 3. The number of anilines is 1. The molecule has 5 nitrogen and oxygen atoms in total. The van der Waals surface area contributed by atoms with Gasteiger partial charge < -0.3 is 10.1 Å². The monoisotopic (exact) mass is 381 g/mol. The van der Waals surface area contributed by atoms with Crippen molar-refractivity contribution in [2.24, 2.45) is 0 Å². The molecule has 1 atom stereocenters. The van der Waals surface area contributed by atoms with Gasteiger partial charge in [-0.1, -0.05) is 38.0 Å². The third-order valence-electron chi connectivity index (χ3n) is 4.84. The topological polar surface area (TPSA) is 56.1 Å². The molecule has 4 rings (SSSR count). The highest BCUT2D eigenvalue weighted by molar-refractivity contribution is 7.10. The summed E-state index contributed by atoms with van der Waals surface area (Å²) in [4.78, 5) is 18.8. The number of para-hydroxylation sites is 2. The fourth-order valence-corrected chi connectivity index (χ4v) is 4.36. The lowest BCUT2D eigenvalue weighted by Crippen LogP contribution is -2.28. The van der Waals surface area contributed by atoms with Gasteiger partial charge in [-0.15, -0.1) is 11.3 Å². The van der Waals surface area contributed by atoms with Crippen LogP contribution in [0.1, 0.15) is 44.0 Å². The zero-order chi connectivity index (χ0) is 18.8. The first-order valence-corrected chi connectivity index (χ1v) is 10.2. The normalized spacial score (nSPS) is 16.3. The fraction of sp³-hybridized carbons (Fsp3) is 0.333. The van der Waals surface area contributed by atoms with Crippen LogP contribution in [0.5, 0.6) is 0 Å². The number of benzene rings is 1. The molecule has 1 aliphatic rings. The van der Waals surface area contributed by atoms with Crippen molar-refractivity contribution >= 4 is 34.3 Å². The maximum absolute atomic E-state index is 13.0. The highest BCUT2D eigenvalue weighted by atomic mass is 32.1. The average Bonchev–Trinajstić information content (AvgIpc) is 3.31. The molecule has 1 unspecified atom stereocenters. The molecule has 0 saturated carbocycles. The summed E-state index contributed by atoms with van der Waals surface area (Å²) in [5.74, 6) is 0.507. The molecule has 140 valence electrons. The quantitative estimate of drug-likeness (QED) is 0.476. The molecule has 1 aromatic carbocycles. The first-order chi connectivity index (χ1) is 13.2. The zero-order valence-corrected chi connectivity index (χ0v) is 16.4. The Morgan fingerprint density at radius 3 is 2.89 bits per heavy atom. The second-order valence-electron chi connectivity index (χ2n) is 6.72. The third kappa shape index (κ3) is 3.25. The number of carbonyl (C=O) groups is 1. The Bertz CT molecular complexity index is 988. The number of allylic oxidation sites excluding steroid dienone is 1. The number of unbranched alkanes of at least 4 members (excludes halogenated alkanes) is 2. The van der Waals surface area contributed by atoms with E-state index in [0.717, 1.165) is 46.8 Å². The molecule has 0 amide bonds. The van der Waals surface area contributed by atoms with Crippen LogP contribution >= 0.6 is 11.3 Å². The molecule has 2 aromatic heterocycles. The van der Waals surface area contributed by atoms with Crippen LogP contribution in [-0.2, 0) is 9.53 Å². The van der Waals surface area contributed by atoms with Gasteiger partial charge in [-0.05, 0) is 36.9 Å². The second kappa shape index (κ2) is 7.56. The van der Waals surface area contributed by atoms with Gasteiger partial charge in [0, 0.05) is 10.6 Å². The van der Waals surface area contributed by atoms with Crippen molar-refractivity contribution in [3.8, 4) is 0 Å². The predicted octanol–water partition coefficient (Wildman–Crippen LogP) is 5.12. The van der Waals surface area contributed by atoms with Gasteiger partial charge in [-0.3, -0.25) is 4.57 Å². The molecular formula is C21H23N3O2S. The Kier molecular flexibility index (Phi) is 4.99. The molecule has 3 aromatic rings. The molecule has 0 aliphatic carbocycles. The van der Waals surface area contributed by atoms with Crippen LogP contribution in [-0.4, -0.2) is 22.1 Å². The molecular weight excluding hydrogens is 358 g/mol. The summed E-state index contributed by atoms with van der Waals surface area (Å²) < 4.78 is 7.73. The smallest absolute Gasteiger partial charge is 0.338 e. The van der Waals surface area contributed by atoms with Gasteiger partial charge in [-0.2, -0.15) is 0 Å². The van der Waals surface area contributed by atoms with E-state index in [0.29, 0.717) is 12.2 Å². The van der Waals surface area contributed by atoms with Crippen LogP contribution < -0.4 is 5.32 Å². The highest BCUT2D eigenvalue weighted by Crippen LogP contribution is 2.40. The van der Waals surface area contributed by atoms with Gasteiger partial charge >= 0.3 is 5.97 Å². The van der Waals surface area contributed by atoms with Gasteiger partial charge in [0.15, 0.2) is 0 Å². The molecule has 6 heteroatoms. The number of hydrogen-bond donors (Lipinski definition) is 1. The van der Waals surface area contributed by atoms with Gasteiger partial charge in [0.25, 0.3) is 0 Å². The minimum atomic E-state index is -0.252. The van der Waals surface area contributed by atoms with Crippen LogP contribution in [0.15, 0.2) is 53.0 Å². The van der Waals surface area contributed by atoms with E-state index in [1.54, 1.807) is 11.3 Å². The Hall–Kier alpha value is -2.60. The Balaban J connectivity index is 1.77. The summed E-state index contributed by atoms with van der Waals surface area (Å²) in [5.41, 5.74) is 3.37. The maximum Gasteiger partial charge on any atom is 0.338 e. The number of aromatic nitrogens is 2. The first kappa shape index (κ1) is 17.8. The molecule has 0 bridgehead atoms. The number of ether oxygens (including phenoxy) is 1. The lowest BCUT2D eigenvalue weighted by Gasteiger charge is -2.29. The van der Waals surface area contributed by atoms with Crippen molar-refractivity contribution in [1.29, 1.82) is 0 Å². The number of thiophene rings is 1. The lowest BCUT2D eigenvalue weighted by molar-refractivity contribution is -0.139. The van der Waals surface area contributed by atoms with Crippen LogP contribution in [0.25, 0.3) is 11.0 Å². The van der Waals surface area contributed by atoms with Crippen molar-refractivity contribution < 1.29 is 9.53 Å². The minimum Gasteiger partial charge on any atom is -0.462 e.